The Morgan fingerprint density at radius 2 is 1.40 bits per heavy atom. The van der Waals surface area contributed by atoms with Gasteiger partial charge in [0.05, 0.1) is 0 Å². The molecule has 0 aliphatic rings. The van der Waals surface area contributed by atoms with Crippen molar-refractivity contribution in [2.24, 2.45) is 0 Å². The largest absolute Gasteiger partial charge is 1.00 e. The van der Waals surface area contributed by atoms with Gasteiger partial charge in [-0.25, -0.2) is 0 Å². The van der Waals surface area contributed by atoms with Crippen molar-refractivity contribution >= 4 is 20.2 Å². The third-order valence-corrected chi connectivity index (χ3v) is 0. The topological polar surface area (TPSA) is 0 Å². The van der Waals surface area contributed by atoms with Gasteiger partial charge in [0.1, 0.15) is 0 Å². The van der Waals surface area contributed by atoms with Crippen LogP contribution in [0.2, 0.25) is 0 Å². The summed E-state index contributed by atoms with van der Waals surface area (Å²) >= 11 is 1.75. The predicted octanol–water partition coefficient (Wildman–Crippen LogP) is -2.29. The van der Waals surface area contributed by atoms with E-state index in [9.17, 15) is 0 Å². The van der Waals surface area contributed by atoms with Crippen molar-refractivity contribution in [1.82, 2.24) is 0 Å². The maximum Gasteiger partial charge on any atom is 1.00 e. The summed E-state index contributed by atoms with van der Waals surface area (Å²) in [5, 5.41) is 0. The molecule has 0 unspecified atom stereocenters. The van der Waals surface area contributed by atoms with Crippen molar-refractivity contribution in [3.05, 3.63) is 0 Å². The summed E-state index contributed by atoms with van der Waals surface area (Å²) in [6, 6.07) is 0. The minimum atomic E-state index is 0. The SMILES string of the molecule is CSC.[B].[H-].[Na+]. The predicted molar refractivity (Wildman–Crippen MR) is 26.3 cm³/mol. The van der Waals surface area contributed by atoms with Gasteiger partial charge in [0.25, 0.3) is 0 Å². The summed E-state index contributed by atoms with van der Waals surface area (Å²) in [5.41, 5.74) is 0. The fourth-order valence-electron chi connectivity index (χ4n) is 0. The van der Waals surface area contributed by atoms with Crippen LogP contribution in [0.4, 0.5) is 0 Å². The first-order chi connectivity index (χ1) is 1.41. The Morgan fingerprint density at radius 1 is 1.40 bits per heavy atom. The van der Waals surface area contributed by atoms with Gasteiger partial charge in [-0.2, -0.15) is 11.8 Å². The summed E-state index contributed by atoms with van der Waals surface area (Å²) in [5.74, 6) is 0. The van der Waals surface area contributed by atoms with Gasteiger partial charge in [-0.05, 0) is 12.5 Å². The molecule has 0 bridgehead atoms. The Bertz CT molecular complexity index is 13.5. The van der Waals surface area contributed by atoms with E-state index in [2.05, 4.69) is 0 Å². The van der Waals surface area contributed by atoms with Crippen LogP contribution < -0.4 is 29.6 Å². The molecule has 0 heterocycles. The van der Waals surface area contributed by atoms with E-state index in [4.69, 9.17) is 0 Å². The van der Waals surface area contributed by atoms with Crippen LogP contribution in [-0.2, 0) is 0 Å². The summed E-state index contributed by atoms with van der Waals surface area (Å²) in [6.07, 6.45) is 4.08. The maximum atomic E-state index is 2.04. The first-order valence-corrected chi connectivity index (χ1v) is 2.45. The van der Waals surface area contributed by atoms with Crippen LogP contribution in [0.3, 0.4) is 0 Å². The van der Waals surface area contributed by atoms with E-state index in [-0.39, 0.29) is 39.4 Å². The molecular formula is C2H7BNaS. The second kappa shape index (κ2) is 18.1. The molecule has 0 aromatic carbocycles. The number of rotatable bonds is 0. The average Bonchev–Trinajstić information content (AvgIpc) is 0.918. The molecule has 0 aliphatic heterocycles. The summed E-state index contributed by atoms with van der Waals surface area (Å²) < 4.78 is 0. The first-order valence-electron chi connectivity index (χ1n) is 0.816. The Balaban J connectivity index is -0.00000000667. The Hall–Kier alpha value is 1.41. The quantitative estimate of drug-likeness (QED) is 0.307. The molecule has 0 amide bonds. The van der Waals surface area contributed by atoms with Crippen molar-refractivity contribution in [1.29, 1.82) is 0 Å². The van der Waals surface area contributed by atoms with Crippen LogP contribution in [0.15, 0.2) is 0 Å². The smallest absolute Gasteiger partial charge is 1.00 e. The third kappa shape index (κ3) is 31.5. The number of thioether (sulfide) groups is 1. The molecule has 0 spiro atoms. The zero-order chi connectivity index (χ0) is 2.71. The van der Waals surface area contributed by atoms with Gasteiger partial charge in [-0.3, -0.25) is 0 Å². The third-order valence-electron chi connectivity index (χ3n) is 0. The van der Waals surface area contributed by atoms with E-state index in [0.717, 1.165) is 0 Å². The van der Waals surface area contributed by atoms with Gasteiger partial charge in [0.2, 0.25) is 0 Å². The van der Waals surface area contributed by atoms with E-state index < -0.39 is 0 Å². The van der Waals surface area contributed by atoms with Crippen molar-refractivity contribution in [3.63, 3.8) is 0 Å². The summed E-state index contributed by atoms with van der Waals surface area (Å²) in [6.45, 7) is 0. The molecule has 3 radical (unpaired) electrons. The molecular weight excluding hydrogens is 89.9 g/mol. The summed E-state index contributed by atoms with van der Waals surface area (Å²) in [4.78, 5) is 0. The van der Waals surface area contributed by atoms with E-state index in [1.807, 2.05) is 12.5 Å². The molecule has 0 saturated heterocycles. The fourth-order valence-corrected chi connectivity index (χ4v) is 0. The van der Waals surface area contributed by atoms with Crippen molar-refractivity contribution < 1.29 is 31.0 Å². The fraction of sp³-hybridized carbons (Fsp3) is 1.00. The second-order valence-electron chi connectivity index (χ2n) is 0.408. The monoisotopic (exact) mass is 97.0 g/mol. The minimum absolute atomic E-state index is 0. The molecule has 0 aromatic rings. The van der Waals surface area contributed by atoms with E-state index in [1.165, 1.54) is 0 Å². The zero-order valence-electron chi connectivity index (χ0n) is 4.99. The van der Waals surface area contributed by atoms with Gasteiger partial charge < -0.3 is 1.43 Å². The molecule has 0 aromatic heterocycles. The first kappa shape index (κ1) is 16.1. The normalized spacial score (nSPS) is 3.60. The molecule has 3 heteroatoms. The van der Waals surface area contributed by atoms with Gasteiger partial charge in [0, 0.05) is 8.41 Å². The molecule has 25 valence electrons. The standard InChI is InChI=1S/C2H6S.B.Na.H/c1-3-2;;;/h1-2H3;;;/q;;+1;-1. The average molecular weight is 96.9 g/mol. The molecule has 0 fully saturated rings. The Morgan fingerprint density at radius 3 is 1.40 bits per heavy atom. The van der Waals surface area contributed by atoms with Gasteiger partial charge >= 0.3 is 29.6 Å². The van der Waals surface area contributed by atoms with Crippen LogP contribution in [0.25, 0.3) is 0 Å². The molecule has 0 atom stereocenters. The molecule has 0 saturated carbocycles. The number of hydrogen-bond acceptors (Lipinski definition) is 1. The van der Waals surface area contributed by atoms with Crippen LogP contribution in [0.1, 0.15) is 1.43 Å². The molecule has 0 aliphatic carbocycles. The van der Waals surface area contributed by atoms with Gasteiger partial charge in [-0.15, -0.1) is 0 Å². The number of hydrogen-bond donors (Lipinski definition) is 0. The van der Waals surface area contributed by atoms with Crippen molar-refractivity contribution in [2.75, 3.05) is 12.5 Å². The van der Waals surface area contributed by atoms with Gasteiger partial charge in [0.15, 0.2) is 0 Å². The van der Waals surface area contributed by atoms with Gasteiger partial charge in [-0.1, -0.05) is 0 Å². The molecule has 5 heavy (non-hydrogen) atoms. The van der Waals surface area contributed by atoms with Crippen molar-refractivity contribution in [3.8, 4) is 0 Å². The van der Waals surface area contributed by atoms with Crippen molar-refractivity contribution in [2.45, 2.75) is 0 Å². The summed E-state index contributed by atoms with van der Waals surface area (Å²) in [7, 11) is 0. The molecule has 0 nitrogen and oxygen atoms in total. The maximum absolute atomic E-state index is 2.04. The molecule has 0 rings (SSSR count). The van der Waals surface area contributed by atoms with E-state index in [1.54, 1.807) is 11.8 Å². The van der Waals surface area contributed by atoms with Crippen LogP contribution >= 0.6 is 11.8 Å². The van der Waals surface area contributed by atoms with E-state index >= 15 is 0 Å². The minimum Gasteiger partial charge on any atom is -1.00 e. The Kier molecular flexibility index (Phi) is 58.4. The molecule has 0 N–H and O–H groups in total. The Labute approximate surface area is 63.4 Å². The second-order valence-corrected chi connectivity index (χ2v) is 1.22. The van der Waals surface area contributed by atoms with E-state index in [0.29, 0.717) is 0 Å². The van der Waals surface area contributed by atoms with Crippen LogP contribution in [-0.4, -0.2) is 20.9 Å². The van der Waals surface area contributed by atoms with Crippen LogP contribution in [0.5, 0.6) is 0 Å². The van der Waals surface area contributed by atoms with Crippen LogP contribution in [0, 0.1) is 0 Å². The zero-order valence-corrected chi connectivity index (χ0v) is 6.80.